The van der Waals surface area contributed by atoms with Crippen LogP contribution in [0, 0.1) is 13.8 Å². The van der Waals surface area contributed by atoms with Crippen molar-refractivity contribution < 1.29 is 9.32 Å². The molecule has 27 heavy (non-hydrogen) atoms. The summed E-state index contributed by atoms with van der Waals surface area (Å²) < 4.78 is 5.31. The maximum Gasteiger partial charge on any atom is 0.321 e. The molecule has 0 bridgehead atoms. The lowest BCUT2D eigenvalue weighted by atomic mass is 10.1. The quantitative estimate of drug-likeness (QED) is 0.691. The van der Waals surface area contributed by atoms with Gasteiger partial charge in [-0.05, 0) is 43.7 Å². The van der Waals surface area contributed by atoms with E-state index in [0.717, 1.165) is 11.1 Å². The molecule has 2 aromatic carbocycles. The van der Waals surface area contributed by atoms with Crippen molar-refractivity contribution in [2.75, 3.05) is 18.9 Å². The fourth-order valence-electron chi connectivity index (χ4n) is 2.49. The fraction of sp³-hybridized carbons (Fsp3) is 0.250. The van der Waals surface area contributed by atoms with E-state index in [4.69, 9.17) is 16.1 Å². The number of hydrogen-bond acceptors (Lipinski definition) is 4. The van der Waals surface area contributed by atoms with E-state index in [1.807, 2.05) is 44.2 Å². The lowest BCUT2D eigenvalue weighted by Crippen LogP contribution is -2.33. The van der Waals surface area contributed by atoms with Crippen molar-refractivity contribution in [3.05, 3.63) is 64.4 Å². The van der Waals surface area contributed by atoms with E-state index in [-0.39, 0.29) is 6.03 Å². The van der Waals surface area contributed by atoms with Crippen LogP contribution in [0.15, 0.2) is 47.0 Å². The largest absolute Gasteiger partial charge is 0.334 e. The second-order valence-corrected chi connectivity index (χ2v) is 6.80. The number of aryl methyl sites for hydroxylation is 1. The van der Waals surface area contributed by atoms with Crippen LogP contribution in [-0.2, 0) is 6.42 Å². The number of nitrogens with one attached hydrogen (secondary N) is 1. The molecule has 140 valence electrons. The number of anilines is 1. The molecule has 6 nitrogen and oxygen atoms in total. The number of carbonyl (C=O) groups is 1. The first-order valence-corrected chi connectivity index (χ1v) is 8.98. The van der Waals surface area contributed by atoms with Gasteiger partial charge >= 0.3 is 6.03 Å². The first kappa shape index (κ1) is 18.9. The van der Waals surface area contributed by atoms with E-state index in [0.29, 0.717) is 35.4 Å². The van der Waals surface area contributed by atoms with Gasteiger partial charge in [-0.1, -0.05) is 40.5 Å². The molecule has 0 aliphatic carbocycles. The average molecular weight is 385 g/mol. The van der Waals surface area contributed by atoms with Gasteiger partial charge in [0.15, 0.2) is 5.82 Å². The molecule has 0 radical (unpaired) electrons. The van der Waals surface area contributed by atoms with Crippen LogP contribution in [0.4, 0.5) is 10.5 Å². The van der Waals surface area contributed by atoms with Gasteiger partial charge in [0.25, 0.3) is 5.89 Å². The van der Waals surface area contributed by atoms with Gasteiger partial charge in [-0.15, -0.1) is 0 Å². The molecule has 0 atom stereocenters. The van der Waals surface area contributed by atoms with Crippen LogP contribution in [0.1, 0.15) is 17.0 Å². The number of amides is 2. The molecular weight excluding hydrogens is 364 g/mol. The molecule has 0 spiro atoms. The molecule has 0 aliphatic rings. The summed E-state index contributed by atoms with van der Waals surface area (Å²) in [4.78, 5) is 18.3. The van der Waals surface area contributed by atoms with E-state index in [9.17, 15) is 4.79 Å². The Kier molecular flexibility index (Phi) is 5.76. The highest BCUT2D eigenvalue weighted by atomic mass is 35.5. The molecule has 1 heterocycles. The van der Waals surface area contributed by atoms with Gasteiger partial charge in [-0.3, -0.25) is 0 Å². The third kappa shape index (κ3) is 4.65. The molecule has 7 heteroatoms. The smallest absolute Gasteiger partial charge is 0.321 e. The van der Waals surface area contributed by atoms with Crippen molar-refractivity contribution in [2.45, 2.75) is 20.3 Å². The minimum atomic E-state index is -0.220. The fourth-order valence-corrected chi connectivity index (χ4v) is 2.67. The Hall–Kier alpha value is -2.86. The topological polar surface area (TPSA) is 71.3 Å². The molecule has 0 unspecified atom stereocenters. The molecule has 0 saturated carbocycles. The number of aromatic nitrogens is 2. The standard InChI is InChI=1S/C20H21ClN4O2/c1-13-7-9-15(10-8-13)19-23-18(24-27-19)11-12-25(3)20(26)22-17-6-4-5-16(21)14(17)2/h4-10H,11-12H2,1-3H3,(H,22,26). The number of carbonyl (C=O) groups excluding carboxylic acids is 1. The molecule has 0 saturated heterocycles. The lowest BCUT2D eigenvalue weighted by molar-refractivity contribution is 0.222. The van der Waals surface area contributed by atoms with Crippen molar-refractivity contribution >= 4 is 23.3 Å². The zero-order valence-corrected chi connectivity index (χ0v) is 16.2. The van der Waals surface area contributed by atoms with Crippen molar-refractivity contribution in [3.63, 3.8) is 0 Å². The Morgan fingerprint density at radius 2 is 1.93 bits per heavy atom. The lowest BCUT2D eigenvalue weighted by Gasteiger charge is -2.18. The van der Waals surface area contributed by atoms with Crippen molar-refractivity contribution in [3.8, 4) is 11.5 Å². The predicted molar refractivity (Wildman–Crippen MR) is 106 cm³/mol. The third-order valence-electron chi connectivity index (χ3n) is 4.29. The average Bonchev–Trinajstić information content (AvgIpc) is 3.13. The van der Waals surface area contributed by atoms with Crippen LogP contribution in [0.5, 0.6) is 0 Å². The molecule has 1 aromatic heterocycles. The maximum absolute atomic E-state index is 12.4. The number of likely N-dealkylation sites (N-methyl/N-ethyl adjacent to an activating group) is 1. The van der Waals surface area contributed by atoms with Crippen LogP contribution >= 0.6 is 11.6 Å². The number of benzene rings is 2. The zero-order chi connectivity index (χ0) is 19.4. The van der Waals surface area contributed by atoms with Gasteiger partial charge in [0.1, 0.15) is 0 Å². The Morgan fingerprint density at radius 1 is 1.19 bits per heavy atom. The van der Waals surface area contributed by atoms with Crippen LogP contribution in [0.3, 0.4) is 0 Å². The minimum absolute atomic E-state index is 0.220. The van der Waals surface area contributed by atoms with Gasteiger partial charge < -0.3 is 14.7 Å². The van der Waals surface area contributed by atoms with E-state index >= 15 is 0 Å². The van der Waals surface area contributed by atoms with Gasteiger partial charge in [0.2, 0.25) is 0 Å². The maximum atomic E-state index is 12.4. The summed E-state index contributed by atoms with van der Waals surface area (Å²) in [5, 5.41) is 7.47. The van der Waals surface area contributed by atoms with Gasteiger partial charge in [0, 0.05) is 36.3 Å². The third-order valence-corrected chi connectivity index (χ3v) is 4.70. The van der Waals surface area contributed by atoms with Crippen molar-refractivity contribution in [1.29, 1.82) is 0 Å². The number of urea groups is 1. The molecular formula is C20H21ClN4O2. The molecule has 3 aromatic rings. The molecule has 3 rings (SSSR count). The minimum Gasteiger partial charge on any atom is -0.334 e. The first-order chi connectivity index (χ1) is 12.9. The summed E-state index contributed by atoms with van der Waals surface area (Å²) >= 11 is 6.09. The summed E-state index contributed by atoms with van der Waals surface area (Å²) in [6.07, 6.45) is 0.494. The summed E-state index contributed by atoms with van der Waals surface area (Å²) in [6, 6.07) is 13.1. The SMILES string of the molecule is Cc1ccc(-c2nc(CCN(C)C(=O)Nc3cccc(Cl)c3C)no2)cc1. The molecule has 0 aliphatic heterocycles. The summed E-state index contributed by atoms with van der Waals surface area (Å²) in [5.74, 6) is 1.04. The van der Waals surface area contributed by atoms with E-state index in [2.05, 4.69) is 15.5 Å². The van der Waals surface area contributed by atoms with Crippen LogP contribution in [-0.4, -0.2) is 34.7 Å². The van der Waals surface area contributed by atoms with E-state index < -0.39 is 0 Å². The summed E-state index contributed by atoms with van der Waals surface area (Å²) in [6.45, 7) is 4.34. The number of rotatable bonds is 5. The van der Waals surface area contributed by atoms with Gasteiger partial charge in [-0.25, -0.2) is 4.79 Å². The van der Waals surface area contributed by atoms with Gasteiger partial charge in [-0.2, -0.15) is 4.98 Å². The zero-order valence-electron chi connectivity index (χ0n) is 15.5. The first-order valence-electron chi connectivity index (χ1n) is 8.61. The normalized spacial score (nSPS) is 10.7. The Balaban J connectivity index is 1.57. The number of hydrogen-bond donors (Lipinski definition) is 1. The number of halogens is 1. The highest BCUT2D eigenvalue weighted by Gasteiger charge is 2.14. The molecule has 1 N–H and O–H groups in total. The van der Waals surface area contributed by atoms with Crippen molar-refractivity contribution in [2.24, 2.45) is 0 Å². The monoisotopic (exact) mass is 384 g/mol. The Morgan fingerprint density at radius 3 is 2.67 bits per heavy atom. The Labute approximate surface area is 163 Å². The highest BCUT2D eigenvalue weighted by molar-refractivity contribution is 6.31. The molecule has 0 fully saturated rings. The van der Waals surface area contributed by atoms with E-state index in [1.165, 1.54) is 5.56 Å². The Bertz CT molecular complexity index is 937. The molecule has 2 amide bonds. The second kappa shape index (κ2) is 8.22. The van der Waals surface area contributed by atoms with Gasteiger partial charge in [0.05, 0.1) is 0 Å². The predicted octanol–water partition coefficient (Wildman–Crippen LogP) is 4.71. The van der Waals surface area contributed by atoms with E-state index in [1.54, 1.807) is 24.1 Å². The summed E-state index contributed by atoms with van der Waals surface area (Å²) in [7, 11) is 1.72. The van der Waals surface area contributed by atoms with Crippen LogP contribution in [0.2, 0.25) is 5.02 Å². The highest BCUT2D eigenvalue weighted by Crippen LogP contribution is 2.23. The second-order valence-electron chi connectivity index (χ2n) is 6.40. The summed E-state index contributed by atoms with van der Waals surface area (Å²) in [5.41, 5.74) is 3.57. The van der Waals surface area contributed by atoms with Crippen molar-refractivity contribution in [1.82, 2.24) is 15.0 Å². The number of nitrogens with zero attached hydrogens (tertiary/aromatic N) is 3. The van der Waals surface area contributed by atoms with Crippen LogP contribution in [0.25, 0.3) is 11.5 Å². The van der Waals surface area contributed by atoms with Crippen LogP contribution < -0.4 is 5.32 Å².